The molecule has 0 fully saturated rings. The largest absolute Gasteiger partial charge is 0.354 e. The molecule has 92 valence electrons. The summed E-state index contributed by atoms with van der Waals surface area (Å²) in [6.07, 6.45) is 4.76. The fraction of sp³-hybridized carbons (Fsp3) is 0.267. The Morgan fingerprint density at radius 2 is 2.11 bits per heavy atom. The van der Waals surface area contributed by atoms with Crippen LogP contribution in [0.15, 0.2) is 36.7 Å². The number of H-pyrrole nitrogens is 1. The summed E-state index contributed by atoms with van der Waals surface area (Å²) in [7, 11) is 0. The van der Waals surface area contributed by atoms with Gasteiger partial charge in [0, 0.05) is 34.2 Å². The number of benzene rings is 1. The third-order valence-corrected chi connectivity index (χ3v) is 3.45. The average molecular weight is 239 g/mol. The molecule has 3 N–H and O–H groups in total. The highest BCUT2D eigenvalue weighted by Crippen LogP contribution is 2.25. The van der Waals surface area contributed by atoms with Gasteiger partial charge in [-0.2, -0.15) is 0 Å². The molecule has 0 aliphatic heterocycles. The first-order valence-corrected chi connectivity index (χ1v) is 6.32. The second-order valence-electron chi connectivity index (χ2n) is 4.97. The van der Waals surface area contributed by atoms with Crippen LogP contribution in [-0.2, 0) is 6.42 Å². The van der Waals surface area contributed by atoms with Crippen molar-refractivity contribution in [2.75, 3.05) is 6.54 Å². The van der Waals surface area contributed by atoms with Crippen LogP contribution in [-0.4, -0.2) is 16.5 Å². The molecule has 1 unspecified atom stereocenters. The summed E-state index contributed by atoms with van der Waals surface area (Å²) in [6, 6.07) is 8.60. The van der Waals surface area contributed by atoms with Crippen molar-refractivity contribution in [2.45, 2.75) is 13.3 Å². The fourth-order valence-electron chi connectivity index (χ4n) is 2.41. The SMILES string of the molecule is CC(CN)Cc1ccc2c(c1)[nH]c1ccncc12. The van der Waals surface area contributed by atoms with E-state index >= 15 is 0 Å². The van der Waals surface area contributed by atoms with E-state index in [4.69, 9.17) is 5.73 Å². The fourth-order valence-corrected chi connectivity index (χ4v) is 2.41. The molecule has 3 aromatic rings. The summed E-state index contributed by atoms with van der Waals surface area (Å²) in [4.78, 5) is 7.62. The average Bonchev–Trinajstić information content (AvgIpc) is 2.76. The molecule has 3 nitrogen and oxygen atoms in total. The Kier molecular flexibility index (Phi) is 2.76. The molecule has 1 aromatic carbocycles. The maximum atomic E-state index is 5.68. The lowest BCUT2D eigenvalue weighted by Crippen LogP contribution is -2.12. The lowest BCUT2D eigenvalue weighted by Gasteiger charge is -2.07. The third-order valence-electron chi connectivity index (χ3n) is 3.45. The van der Waals surface area contributed by atoms with E-state index in [1.165, 1.54) is 21.9 Å². The predicted molar refractivity (Wildman–Crippen MR) is 75.5 cm³/mol. The van der Waals surface area contributed by atoms with Crippen LogP contribution in [0, 0.1) is 5.92 Å². The first-order chi connectivity index (χ1) is 8.78. The highest BCUT2D eigenvalue weighted by atomic mass is 14.7. The van der Waals surface area contributed by atoms with E-state index in [1.54, 1.807) is 0 Å². The minimum absolute atomic E-state index is 0.522. The van der Waals surface area contributed by atoms with Crippen molar-refractivity contribution in [1.82, 2.24) is 9.97 Å². The quantitative estimate of drug-likeness (QED) is 0.738. The summed E-state index contributed by atoms with van der Waals surface area (Å²) in [5.74, 6) is 0.522. The Balaban J connectivity index is 2.09. The van der Waals surface area contributed by atoms with Crippen LogP contribution in [0.1, 0.15) is 12.5 Å². The summed E-state index contributed by atoms with van der Waals surface area (Å²) in [5.41, 5.74) is 9.33. The van der Waals surface area contributed by atoms with Crippen molar-refractivity contribution in [1.29, 1.82) is 0 Å². The van der Waals surface area contributed by atoms with Crippen LogP contribution in [0.4, 0.5) is 0 Å². The number of nitrogens with zero attached hydrogens (tertiary/aromatic N) is 1. The highest BCUT2D eigenvalue weighted by Gasteiger charge is 2.06. The van der Waals surface area contributed by atoms with E-state index in [0.717, 1.165) is 18.5 Å². The van der Waals surface area contributed by atoms with Crippen molar-refractivity contribution in [3.63, 3.8) is 0 Å². The van der Waals surface area contributed by atoms with Crippen molar-refractivity contribution in [3.05, 3.63) is 42.2 Å². The molecule has 0 saturated carbocycles. The Bertz CT molecular complexity index is 684. The molecular formula is C15H17N3. The van der Waals surface area contributed by atoms with E-state index in [2.05, 4.69) is 35.1 Å². The molecule has 0 radical (unpaired) electrons. The van der Waals surface area contributed by atoms with Gasteiger partial charge in [-0.05, 0) is 36.6 Å². The lowest BCUT2D eigenvalue weighted by molar-refractivity contribution is 0.593. The number of aromatic amines is 1. The van der Waals surface area contributed by atoms with Gasteiger partial charge in [0.2, 0.25) is 0 Å². The second-order valence-corrected chi connectivity index (χ2v) is 4.97. The third kappa shape index (κ3) is 1.87. The monoisotopic (exact) mass is 239 g/mol. The van der Waals surface area contributed by atoms with Gasteiger partial charge in [-0.15, -0.1) is 0 Å². The van der Waals surface area contributed by atoms with Gasteiger partial charge in [0.15, 0.2) is 0 Å². The molecule has 0 saturated heterocycles. The van der Waals surface area contributed by atoms with Crippen molar-refractivity contribution >= 4 is 21.8 Å². The molecule has 0 aliphatic carbocycles. The zero-order valence-corrected chi connectivity index (χ0v) is 10.5. The number of hydrogen-bond donors (Lipinski definition) is 2. The molecule has 3 rings (SSSR count). The molecule has 0 amide bonds. The minimum atomic E-state index is 0.522. The number of aromatic nitrogens is 2. The van der Waals surface area contributed by atoms with Gasteiger partial charge in [0.05, 0.1) is 0 Å². The van der Waals surface area contributed by atoms with Gasteiger partial charge in [0.25, 0.3) is 0 Å². The zero-order chi connectivity index (χ0) is 12.5. The Hall–Kier alpha value is -1.87. The van der Waals surface area contributed by atoms with Crippen LogP contribution in [0.25, 0.3) is 21.8 Å². The molecule has 0 spiro atoms. The molecule has 1 atom stereocenters. The zero-order valence-electron chi connectivity index (χ0n) is 10.5. The van der Waals surface area contributed by atoms with Crippen LogP contribution < -0.4 is 5.73 Å². The molecule has 0 bridgehead atoms. The van der Waals surface area contributed by atoms with E-state index in [0.29, 0.717) is 5.92 Å². The predicted octanol–water partition coefficient (Wildman–Crippen LogP) is 2.85. The number of hydrogen-bond acceptors (Lipinski definition) is 2. The maximum absolute atomic E-state index is 5.68. The van der Waals surface area contributed by atoms with Crippen LogP contribution >= 0.6 is 0 Å². The van der Waals surface area contributed by atoms with Gasteiger partial charge in [-0.1, -0.05) is 19.1 Å². The van der Waals surface area contributed by atoms with Crippen molar-refractivity contribution < 1.29 is 0 Å². The number of rotatable bonds is 3. The van der Waals surface area contributed by atoms with E-state index in [1.807, 2.05) is 18.5 Å². The smallest absolute Gasteiger partial charge is 0.0495 e. The number of pyridine rings is 1. The van der Waals surface area contributed by atoms with Gasteiger partial charge >= 0.3 is 0 Å². The Morgan fingerprint density at radius 3 is 2.94 bits per heavy atom. The first-order valence-electron chi connectivity index (χ1n) is 6.32. The molecule has 2 aromatic heterocycles. The topological polar surface area (TPSA) is 54.7 Å². The summed E-state index contributed by atoms with van der Waals surface area (Å²) in [6.45, 7) is 2.91. The van der Waals surface area contributed by atoms with E-state index < -0.39 is 0 Å². The molecule has 0 aliphatic rings. The van der Waals surface area contributed by atoms with Gasteiger partial charge in [0.1, 0.15) is 0 Å². The van der Waals surface area contributed by atoms with Gasteiger partial charge < -0.3 is 10.7 Å². The molecule has 18 heavy (non-hydrogen) atoms. The van der Waals surface area contributed by atoms with Crippen LogP contribution in [0.5, 0.6) is 0 Å². The maximum Gasteiger partial charge on any atom is 0.0495 e. The Morgan fingerprint density at radius 1 is 1.22 bits per heavy atom. The van der Waals surface area contributed by atoms with Crippen LogP contribution in [0.2, 0.25) is 0 Å². The standard InChI is InChI=1S/C15H17N3/c1-10(8-16)6-11-2-3-12-13-9-17-5-4-14(13)18-15(12)7-11/h2-5,7,9-10,18H,6,8,16H2,1H3. The molecule has 3 heteroatoms. The van der Waals surface area contributed by atoms with Crippen molar-refractivity contribution in [2.24, 2.45) is 11.7 Å². The number of nitrogens with two attached hydrogens (primary N) is 1. The summed E-state index contributed by atoms with van der Waals surface area (Å²) < 4.78 is 0. The van der Waals surface area contributed by atoms with E-state index in [9.17, 15) is 0 Å². The molecular weight excluding hydrogens is 222 g/mol. The normalized spacial score (nSPS) is 13.2. The van der Waals surface area contributed by atoms with Crippen LogP contribution in [0.3, 0.4) is 0 Å². The van der Waals surface area contributed by atoms with Gasteiger partial charge in [-0.25, -0.2) is 0 Å². The first kappa shape index (κ1) is 11.2. The van der Waals surface area contributed by atoms with Gasteiger partial charge in [-0.3, -0.25) is 4.98 Å². The lowest BCUT2D eigenvalue weighted by atomic mass is 10.0. The highest BCUT2D eigenvalue weighted by molar-refractivity contribution is 6.06. The van der Waals surface area contributed by atoms with E-state index in [-0.39, 0.29) is 0 Å². The minimum Gasteiger partial charge on any atom is -0.354 e. The summed E-state index contributed by atoms with van der Waals surface area (Å²) >= 11 is 0. The second kappa shape index (κ2) is 4.42. The number of fused-ring (bicyclic) bond motifs is 3. The number of nitrogens with one attached hydrogen (secondary N) is 1. The molecule has 2 heterocycles. The summed E-state index contributed by atoms with van der Waals surface area (Å²) in [5, 5.41) is 2.42. The Labute approximate surface area is 106 Å². The van der Waals surface area contributed by atoms with Crippen molar-refractivity contribution in [3.8, 4) is 0 Å².